The Morgan fingerprint density at radius 3 is 2.00 bits per heavy atom. The van der Waals surface area contributed by atoms with Gasteiger partial charge in [0.05, 0.1) is 0 Å². The summed E-state index contributed by atoms with van der Waals surface area (Å²) in [4.78, 5) is 0. The van der Waals surface area contributed by atoms with Crippen molar-refractivity contribution >= 4 is 5.57 Å². The average molecular weight is 262 g/mol. The van der Waals surface area contributed by atoms with Crippen LogP contribution < -0.4 is 0 Å². The van der Waals surface area contributed by atoms with Gasteiger partial charge < -0.3 is 0 Å². The molecule has 0 aliphatic heterocycles. The van der Waals surface area contributed by atoms with E-state index in [4.69, 9.17) is 0 Å². The molecule has 0 nitrogen and oxygen atoms in total. The predicted octanol–water partition coefficient (Wildman–Crippen LogP) is 5.44. The van der Waals surface area contributed by atoms with Crippen LogP contribution in [0, 0.1) is 34.6 Å². The molecular weight excluding hydrogens is 240 g/mol. The minimum atomic E-state index is 1.04. The highest BCUT2D eigenvalue weighted by Gasteiger charge is 2.18. The number of hydrogen-bond acceptors (Lipinski definition) is 0. The number of fused-ring (bicyclic) bond motifs is 1. The molecule has 0 amide bonds. The summed E-state index contributed by atoms with van der Waals surface area (Å²) in [5.74, 6) is 0. The SMILES string of the molecule is Cc1c(C)c(C)c(C2=CC3=CC=CC3=CC2)c(C)c1C. The van der Waals surface area contributed by atoms with Crippen LogP contribution in [0.5, 0.6) is 0 Å². The van der Waals surface area contributed by atoms with Crippen molar-refractivity contribution in [1.29, 1.82) is 0 Å². The molecule has 0 atom stereocenters. The van der Waals surface area contributed by atoms with Crippen molar-refractivity contribution in [2.24, 2.45) is 0 Å². The smallest absolute Gasteiger partial charge is 0.00819 e. The lowest BCUT2D eigenvalue weighted by molar-refractivity contribution is 1.14. The second kappa shape index (κ2) is 4.63. The number of hydrogen-bond donors (Lipinski definition) is 0. The highest BCUT2D eigenvalue weighted by atomic mass is 14.2. The van der Waals surface area contributed by atoms with Gasteiger partial charge in [0.25, 0.3) is 0 Å². The lowest BCUT2D eigenvalue weighted by Crippen LogP contribution is -2.04. The zero-order valence-corrected chi connectivity index (χ0v) is 13.1. The molecule has 102 valence electrons. The van der Waals surface area contributed by atoms with Crippen LogP contribution in [0.2, 0.25) is 0 Å². The molecule has 1 aromatic carbocycles. The second-order valence-corrected chi connectivity index (χ2v) is 6.01. The van der Waals surface area contributed by atoms with E-state index >= 15 is 0 Å². The Kier molecular flexibility index (Phi) is 3.05. The molecule has 0 aromatic heterocycles. The molecule has 1 aromatic rings. The molecule has 0 radical (unpaired) electrons. The van der Waals surface area contributed by atoms with Gasteiger partial charge in [-0.15, -0.1) is 0 Å². The first kappa shape index (κ1) is 13.2. The normalized spacial score (nSPS) is 16.8. The standard InChI is InChI=1S/C20H22/c1-12-13(2)15(4)20(16(5)14(12)3)19-10-9-17-7-6-8-18(17)11-19/h6-9,11H,10H2,1-5H3. The van der Waals surface area contributed by atoms with E-state index in [-0.39, 0.29) is 0 Å². The zero-order valence-electron chi connectivity index (χ0n) is 13.1. The van der Waals surface area contributed by atoms with Crippen LogP contribution >= 0.6 is 0 Å². The van der Waals surface area contributed by atoms with Crippen LogP contribution in [0.4, 0.5) is 0 Å². The van der Waals surface area contributed by atoms with Crippen molar-refractivity contribution in [2.75, 3.05) is 0 Å². The van der Waals surface area contributed by atoms with E-state index in [0.29, 0.717) is 0 Å². The molecule has 0 fully saturated rings. The molecule has 0 saturated carbocycles. The Balaban J connectivity index is 2.18. The van der Waals surface area contributed by atoms with Gasteiger partial charge in [-0.1, -0.05) is 30.4 Å². The Morgan fingerprint density at radius 1 is 0.750 bits per heavy atom. The van der Waals surface area contributed by atoms with Gasteiger partial charge in [0.2, 0.25) is 0 Å². The number of benzene rings is 1. The first-order valence-electron chi connectivity index (χ1n) is 7.37. The van der Waals surface area contributed by atoms with Gasteiger partial charge in [-0.25, -0.2) is 0 Å². The van der Waals surface area contributed by atoms with E-state index in [1.807, 2.05) is 0 Å². The molecule has 3 rings (SSSR count). The highest BCUT2D eigenvalue weighted by Crippen LogP contribution is 2.37. The summed E-state index contributed by atoms with van der Waals surface area (Å²) < 4.78 is 0. The molecule has 0 spiro atoms. The molecule has 0 bridgehead atoms. The first-order chi connectivity index (χ1) is 9.50. The maximum Gasteiger partial charge on any atom is -0.00819 e. The lowest BCUT2D eigenvalue weighted by atomic mass is 9.82. The van der Waals surface area contributed by atoms with Crippen molar-refractivity contribution in [3.8, 4) is 0 Å². The van der Waals surface area contributed by atoms with E-state index < -0.39 is 0 Å². The maximum absolute atomic E-state index is 2.37. The average Bonchev–Trinajstić information content (AvgIpc) is 2.91. The van der Waals surface area contributed by atoms with Crippen molar-refractivity contribution in [3.05, 3.63) is 74.9 Å². The maximum atomic E-state index is 2.37. The van der Waals surface area contributed by atoms with Crippen molar-refractivity contribution < 1.29 is 0 Å². The largest absolute Gasteiger partial charge is 0.0722 e. The monoisotopic (exact) mass is 262 g/mol. The van der Waals surface area contributed by atoms with Crippen molar-refractivity contribution in [3.63, 3.8) is 0 Å². The quantitative estimate of drug-likeness (QED) is 0.632. The van der Waals surface area contributed by atoms with Gasteiger partial charge in [-0.05, 0) is 91.1 Å². The molecule has 2 aliphatic carbocycles. The Bertz CT molecular complexity index is 690. The van der Waals surface area contributed by atoms with Gasteiger partial charge in [0.1, 0.15) is 0 Å². The predicted molar refractivity (Wildman–Crippen MR) is 88.0 cm³/mol. The molecule has 20 heavy (non-hydrogen) atoms. The summed E-state index contributed by atoms with van der Waals surface area (Å²) in [6.07, 6.45) is 12.3. The van der Waals surface area contributed by atoms with E-state index in [1.54, 1.807) is 0 Å². The van der Waals surface area contributed by atoms with Crippen LogP contribution in [-0.2, 0) is 0 Å². The minimum absolute atomic E-state index is 1.04. The second-order valence-electron chi connectivity index (χ2n) is 6.01. The van der Waals surface area contributed by atoms with Gasteiger partial charge in [-0.3, -0.25) is 0 Å². The number of rotatable bonds is 1. The van der Waals surface area contributed by atoms with Crippen LogP contribution in [0.15, 0.2) is 41.5 Å². The first-order valence-corrected chi connectivity index (χ1v) is 7.37. The molecule has 0 N–H and O–H groups in total. The molecular formula is C20H22. The Hall–Kier alpha value is -1.82. The fourth-order valence-corrected chi connectivity index (χ4v) is 3.39. The third-order valence-corrected chi connectivity index (χ3v) is 5.08. The summed E-state index contributed by atoms with van der Waals surface area (Å²) in [6.45, 7) is 11.3. The van der Waals surface area contributed by atoms with Crippen LogP contribution in [-0.4, -0.2) is 0 Å². The number of allylic oxidation sites excluding steroid dienone is 8. The molecule has 0 heteroatoms. The Labute approximate surface area is 122 Å². The van der Waals surface area contributed by atoms with E-state index in [1.165, 1.54) is 50.1 Å². The minimum Gasteiger partial charge on any atom is -0.0722 e. The van der Waals surface area contributed by atoms with Gasteiger partial charge in [0, 0.05) is 0 Å². The van der Waals surface area contributed by atoms with Crippen LogP contribution in [0.3, 0.4) is 0 Å². The summed E-state index contributed by atoms with van der Waals surface area (Å²) in [5, 5.41) is 0. The topological polar surface area (TPSA) is 0 Å². The Morgan fingerprint density at radius 2 is 1.35 bits per heavy atom. The van der Waals surface area contributed by atoms with E-state index in [2.05, 4.69) is 65.0 Å². The molecule has 0 unspecified atom stereocenters. The fraction of sp³-hybridized carbons (Fsp3) is 0.300. The summed E-state index contributed by atoms with van der Waals surface area (Å²) in [6, 6.07) is 0. The molecule has 2 aliphatic rings. The van der Waals surface area contributed by atoms with E-state index in [9.17, 15) is 0 Å². The van der Waals surface area contributed by atoms with Crippen LogP contribution in [0.1, 0.15) is 39.8 Å². The van der Waals surface area contributed by atoms with Crippen LogP contribution in [0.25, 0.3) is 5.57 Å². The van der Waals surface area contributed by atoms with Gasteiger partial charge in [0.15, 0.2) is 0 Å². The lowest BCUT2D eigenvalue weighted by Gasteiger charge is -2.22. The zero-order chi connectivity index (χ0) is 14.4. The van der Waals surface area contributed by atoms with Gasteiger partial charge >= 0.3 is 0 Å². The molecule has 0 heterocycles. The third-order valence-electron chi connectivity index (χ3n) is 5.08. The highest BCUT2D eigenvalue weighted by molar-refractivity contribution is 5.80. The third kappa shape index (κ3) is 1.83. The summed E-state index contributed by atoms with van der Waals surface area (Å²) >= 11 is 0. The van der Waals surface area contributed by atoms with Gasteiger partial charge in [-0.2, -0.15) is 0 Å². The summed E-state index contributed by atoms with van der Waals surface area (Å²) in [5.41, 5.74) is 12.9. The van der Waals surface area contributed by atoms with E-state index in [0.717, 1.165) is 6.42 Å². The van der Waals surface area contributed by atoms with Crippen molar-refractivity contribution in [1.82, 2.24) is 0 Å². The summed E-state index contributed by atoms with van der Waals surface area (Å²) in [7, 11) is 0. The van der Waals surface area contributed by atoms with Crippen molar-refractivity contribution in [2.45, 2.75) is 41.0 Å². The molecule has 0 saturated heterocycles. The fourth-order valence-electron chi connectivity index (χ4n) is 3.39.